The molecule has 102 valence electrons. The summed E-state index contributed by atoms with van der Waals surface area (Å²) >= 11 is 6.17. The molecule has 0 aromatic heterocycles. The largest absolute Gasteiger partial charge is 0.394 e. The van der Waals surface area contributed by atoms with Crippen molar-refractivity contribution in [1.29, 1.82) is 0 Å². The van der Waals surface area contributed by atoms with E-state index in [9.17, 15) is 0 Å². The molecular formula is C14H22ClNO2. The highest BCUT2D eigenvalue weighted by atomic mass is 35.5. The van der Waals surface area contributed by atoms with E-state index in [1.807, 2.05) is 24.3 Å². The Kier molecular flexibility index (Phi) is 7.28. The molecule has 0 radical (unpaired) electrons. The van der Waals surface area contributed by atoms with E-state index in [0.29, 0.717) is 19.3 Å². The van der Waals surface area contributed by atoms with Crippen molar-refractivity contribution in [3.05, 3.63) is 34.9 Å². The van der Waals surface area contributed by atoms with Crippen LogP contribution in [0, 0.1) is 0 Å². The minimum atomic E-state index is 0.0756. The van der Waals surface area contributed by atoms with Crippen molar-refractivity contribution in [2.45, 2.75) is 26.4 Å². The zero-order valence-corrected chi connectivity index (χ0v) is 11.9. The van der Waals surface area contributed by atoms with Crippen molar-refractivity contribution < 1.29 is 9.84 Å². The number of aliphatic hydroxyl groups is 1. The third-order valence-electron chi connectivity index (χ3n) is 2.82. The zero-order valence-electron chi connectivity index (χ0n) is 11.1. The number of nitrogens with zero attached hydrogens (tertiary/aromatic N) is 1. The van der Waals surface area contributed by atoms with Crippen LogP contribution in [-0.4, -0.2) is 42.4 Å². The number of ether oxygens (including phenoxy) is 1. The third-order valence-corrected chi connectivity index (χ3v) is 3.19. The molecule has 0 aliphatic rings. The fourth-order valence-electron chi connectivity index (χ4n) is 1.71. The van der Waals surface area contributed by atoms with Gasteiger partial charge in [0.1, 0.15) is 0 Å². The molecule has 0 bridgehead atoms. The van der Waals surface area contributed by atoms with Crippen molar-refractivity contribution in [1.82, 2.24) is 4.90 Å². The summed E-state index contributed by atoms with van der Waals surface area (Å²) < 4.78 is 5.31. The molecule has 0 spiro atoms. The van der Waals surface area contributed by atoms with E-state index >= 15 is 0 Å². The smallest absolute Gasteiger partial charge is 0.0698 e. The van der Waals surface area contributed by atoms with Crippen LogP contribution in [0.15, 0.2) is 24.3 Å². The second-order valence-corrected chi connectivity index (χ2v) is 4.90. The molecule has 0 heterocycles. The van der Waals surface area contributed by atoms with Crippen molar-refractivity contribution in [2.24, 2.45) is 0 Å². The second kappa shape index (κ2) is 8.48. The SMILES string of the molecule is CC(C)N(CCOCCO)Cc1ccccc1Cl. The predicted octanol–water partition coefficient (Wildman–Crippen LogP) is 2.56. The van der Waals surface area contributed by atoms with Crippen LogP contribution in [0.5, 0.6) is 0 Å². The lowest BCUT2D eigenvalue weighted by atomic mass is 10.2. The maximum atomic E-state index is 8.66. The van der Waals surface area contributed by atoms with Crippen LogP contribution in [-0.2, 0) is 11.3 Å². The molecule has 0 aliphatic heterocycles. The van der Waals surface area contributed by atoms with Crippen LogP contribution < -0.4 is 0 Å². The first-order valence-corrected chi connectivity index (χ1v) is 6.69. The van der Waals surface area contributed by atoms with Gasteiger partial charge in [0.25, 0.3) is 0 Å². The van der Waals surface area contributed by atoms with Gasteiger partial charge in [-0.1, -0.05) is 29.8 Å². The van der Waals surface area contributed by atoms with Crippen LogP contribution in [0.25, 0.3) is 0 Å². The summed E-state index contributed by atoms with van der Waals surface area (Å²) in [5.41, 5.74) is 1.13. The van der Waals surface area contributed by atoms with Gasteiger partial charge in [-0.05, 0) is 25.5 Å². The van der Waals surface area contributed by atoms with Crippen LogP contribution >= 0.6 is 11.6 Å². The number of hydrogen-bond acceptors (Lipinski definition) is 3. The summed E-state index contributed by atoms with van der Waals surface area (Å²) in [5, 5.41) is 9.46. The summed E-state index contributed by atoms with van der Waals surface area (Å²) in [4.78, 5) is 2.30. The third kappa shape index (κ3) is 5.36. The Labute approximate surface area is 114 Å². The molecule has 18 heavy (non-hydrogen) atoms. The molecule has 0 atom stereocenters. The highest BCUT2D eigenvalue weighted by molar-refractivity contribution is 6.31. The van der Waals surface area contributed by atoms with Crippen LogP contribution in [0.1, 0.15) is 19.4 Å². The fourth-order valence-corrected chi connectivity index (χ4v) is 1.91. The van der Waals surface area contributed by atoms with Gasteiger partial charge in [-0.2, -0.15) is 0 Å². The number of aliphatic hydroxyl groups excluding tert-OH is 1. The Hall–Kier alpha value is -0.610. The predicted molar refractivity (Wildman–Crippen MR) is 74.9 cm³/mol. The molecule has 0 amide bonds. The Morgan fingerprint density at radius 1 is 1.28 bits per heavy atom. The summed E-state index contributed by atoms with van der Waals surface area (Å²) in [6.07, 6.45) is 0. The lowest BCUT2D eigenvalue weighted by Gasteiger charge is -2.26. The second-order valence-electron chi connectivity index (χ2n) is 4.49. The van der Waals surface area contributed by atoms with Crippen molar-refractivity contribution in [3.8, 4) is 0 Å². The first-order valence-electron chi connectivity index (χ1n) is 6.31. The van der Waals surface area contributed by atoms with Crippen LogP contribution in [0.4, 0.5) is 0 Å². The lowest BCUT2D eigenvalue weighted by molar-refractivity contribution is 0.0647. The quantitative estimate of drug-likeness (QED) is 0.738. The maximum Gasteiger partial charge on any atom is 0.0698 e. The van der Waals surface area contributed by atoms with E-state index < -0.39 is 0 Å². The molecule has 0 unspecified atom stereocenters. The van der Waals surface area contributed by atoms with E-state index in [-0.39, 0.29) is 6.61 Å². The lowest BCUT2D eigenvalue weighted by Crippen LogP contribution is -2.33. The Morgan fingerprint density at radius 3 is 2.61 bits per heavy atom. The molecule has 0 fully saturated rings. The van der Waals surface area contributed by atoms with Crippen LogP contribution in [0.3, 0.4) is 0 Å². The summed E-state index contributed by atoms with van der Waals surface area (Å²) in [6, 6.07) is 8.33. The van der Waals surface area contributed by atoms with Crippen molar-refractivity contribution in [3.63, 3.8) is 0 Å². The van der Waals surface area contributed by atoms with Gasteiger partial charge >= 0.3 is 0 Å². The Morgan fingerprint density at radius 2 is 2.00 bits per heavy atom. The molecule has 3 nitrogen and oxygen atoms in total. The molecule has 1 aromatic rings. The van der Waals surface area contributed by atoms with E-state index in [1.54, 1.807) is 0 Å². The van der Waals surface area contributed by atoms with Crippen molar-refractivity contribution >= 4 is 11.6 Å². The van der Waals surface area contributed by atoms with E-state index in [4.69, 9.17) is 21.4 Å². The minimum absolute atomic E-state index is 0.0756. The topological polar surface area (TPSA) is 32.7 Å². The molecule has 0 aliphatic carbocycles. The molecule has 0 saturated carbocycles. The average molecular weight is 272 g/mol. The average Bonchev–Trinajstić information content (AvgIpc) is 2.35. The standard InChI is InChI=1S/C14H22ClNO2/c1-12(2)16(7-9-18-10-8-17)11-13-5-3-4-6-14(13)15/h3-6,12,17H,7-11H2,1-2H3. The van der Waals surface area contributed by atoms with Crippen LogP contribution in [0.2, 0.25) is 5.02 Å². The van der Waals surface area contributed by atoms with Gasteiger partial charge in [0.15, 0.2) is 0 Å². The Bertz CT molecular complexity index is 344. The monoisotopic (exact) mass is 271 g/mol. The summed E-state index contributed by atoms with van der Waals surface area (Å²) in [6.45, 7) is 7.07. The molecule has 1 rings (SSSR count). The molecule has 1 aromatic carbocycles. The first-order chi connectivity index (χ1) is 8.65. The molecule has 0 saturated heterocycles. The van der Waals surface area contributed by atoms with Gasteiger partial charge in [0.05, 0.1) is 19.8 Å². The van der Waals surface area contributed by atoms with Gasteiger partial charge in [-0.25, -0.2) is 0 Å². The summed E-state index contributed by atoms with van der Waals surface area (Å²) in [5.74, 6) is 0. The highest BCUT2D eigenvalue weighted by Crippen LogP contribution is 2.17. The van der Waals surface area contributed by atoms with Gasteiger partial charge in [0.2, 0.25) is 0 Å². The number of rotatable bonds is 8. The normalized spacial score (nSPS) is 11.4. The summed E-state index contributed by atoms with van der Waals surface area (Å²) in [7, 11) is 0. The van der Waals surface area contributed by atoms with E-state index in [2.05, 4.69) is 18.7 Å². The molecular weight excluding hydrogens is 250 g/mol. The number of benzene rings is 1. The zero-order chi connectivity index (χ0) is 13.4. The first kappa shape index (κ1) is 15.4. The number of hydrogen-bond donors (Lipinski definition) is 1. The van der Waals surface area contributed by atoms with Gasteiger partial charge in [0, 0.05) is 24.2 Å². The van der Waals surface area contributed by atoms with Gasteiger partial charge in [-0.3, -0.25) is 4.90 Å². The van der Waals surface area contributed by atoms with E-state index in [0.717, 1.165) is 23.7 Å². The maximum absolute atomic E-state index is 8.66. The van der Waals surface area contributed by atoms with Gasteiger partial charge < -0.3 is 9.84 Å². The Balaban J connectivity index is 2.50. The van der Waals surface area contributed by atoms with Crippen molar-refractivity contribution in [2.75, 3.05) is 26.4 Å². The highest BCUT2D eigenvalue weighted by Gasteiger charge is 2.11. The van der Waals surface area contributed by atoms with E-state index in [1.165, 1.54) is 0 Å². The fraction of sp³-hybridized carbons (Fsp3) is 0.571. The molecule has 1 N–H and O–H groups in total. The molecule has 4 heteroatoms. The number of halogens is 1. The van der Waals surface area contributed by atoms with Gasteiger partial charge in [-0.15, -0.1) is 0 Å². The minimum Gasteiger partial charge on any atom is -0.394 e.